The van der Waals surface area contributed by atoms with Gasteiger partial charge in [0.2, 0.25) is 3.83 Å². The highest BCUT2D eigenvalue weighted by atomic mass is 127. The summed E-state index contributed by atoms with van der Waals surface area (Å²) in [6.07, 6.45) is 4.82. The van der Waals surface area contributed by atoms with Crippen molar-refractivity contribution < 1.29 is 0 Å². The number of hydrogen-bond acceptors (Lipinski definition) is 3. The van der Waals surface area contributed by atoms with Crippen molar-refractivity contribution in [1.29, 1.82) is 0 Å². The summed E-state index contributed by atoms with van der Waals surface area (Å²) in [7, 11) is 0. The van der Waals surface area contributed by atoms with Crippen molar-refractivity contribution in [1.82, 2.24) is 20.2 Å². The van der Waals surface area contributed by atoms with Crippen LogP contribution in [0.5, 0.6) is 0 Å². The molecule has 1 aromatic rings. The fraction of sp³-hybridized carbons (Fsp3) is 0.667. The van der Waals surface area contributed by atoms with Gasteiger partial charge in [-0.1, -0.05) is 18.8 Å². The van der Waals surface area contributed by atoms with E-state index >= 15 is 0 Å². The normalized spacial score (nSPS) is 25.7. The van der Waals surface area contributed by atoms with Crippen LogP contribution in [-0.4, -0.2) is 20.2 Å². The Bertz CT molecular complexity index is 392. The van der Waals surface area contributed by atoms with Gasteiger partial charge in [0.05, 0.1) is 6.04 Å². The molecule has 15 heavy (non-hydrogen) atoms. The van der Waals surface area contributed by atoms with Crippen molar-refractivity contribution in [3.63, 3.8) is 0 Å². The molecule has 1 aliphatic rings. The molecule has 80 valence electrons. The summed E-state index contributed by atoms with van der Waals surface area (Å²) in [5.41, 5.74) is 0. The minimum atomic E-state index is 0.364. The van der Waals surface area contributed by atoms with Gasteiger partial charge in [-0.15, -0.1) is 5.10 Å². The van der Waals surface area contributed by atoms with Crippen LogP contribution >= 0.6 is 45.2 Å². The van der Waals surface area contributed by atoms with Gasteiger partial charge in [0.15, 0.2) is 0 Å². The molecule has 0 aliphatic heterocycles. The van der Waals surface area contributed by atoms with Crippen molar-refractivity contribution >= 4 is 45.2 Å². The van der Waals surface area contributed by atoms with Crippen LogP contribution in [0.3, 0.4) is 0 Å². The smallest absolute Gasteiger partial charge is 0.212 e. The molecule has 2 unspecified atom stereocenters. The molecule has 2 atom stereocenters. The fourth-order valence-electron chi connectivity index (χ4n) is 2.03. The molecular weight excluding hydrogens is 418 g/mol. The van der Waals surface area contributed by atoms with Gasteiger partial charge < -0.3 is 0 Å². The zero-order chi connectivity index (χ0) is 10.7. The lowest BCUT2D eigenvalue weighted by Crippen LogP contribution is -2.24. The summed E-state index contributed by atoms with van der Waals surface area (Å²) < 4.78 is 5.77. The Labute approximate surface area is 116 Å². The summed E-state index contributed by atoms with van der Waals surface area (Å²) in [5.74, 6) is 3.68. The second-order valence-corrected chi connectivity index (χ2v) is 5.09. The minimum Gasteiger partial charge on any atom is -0.216 e. The van der Waals surface area contributed by atoms with Gasteiger partial charge in [0, 0.05) is 51.1 Å². The maximum atomic E-state index is 4.05. The molecule has 0 bridgehead atoms. The van der Waals surface area contributed by atoms with Gasteiger partial charge in [-0.2, -0.15) is 0 Å². The molecule has 0 spiro atoms. The van der Waals surface area contributed by atoms with Crippen LogP contribution in [0.25, 0.3) is 0 Å². The lowest BCUT2D eigenvalue weighted by atomic mass is 9.85. The second-order valence-electron chi connectivity index (χ2n) is 3.59. The van der Waals surface area contributed by atoms with Gasteiger partial charge in [-0.3, -0.25) is 0 Å². The second kappa shape index (κ2) is 5.43. The maximum Gasteiger partial charge on any atom is 0.212 e. The van der Waals surface area contributed by atoms with E-state index in [9.17, 15) is 0 Å². The first kappa shape index (κ1) is 11.6. The van der Waals surface area contributed by atoms with Crippen LogP contribution in [0.2, 0.25) is 0 Å². The molecule has 1 heterocycles. The highest BCUT2D eigenvalue weighted by molar-refractivity contribution is 14.1. The molecule has 1 aliphatic carbocycles. The van der Waals surface area contributed by atoms with E-state index in [0.717, 1.165) is 16.7 Å². The average molecular weight is 428 g/mol. The topological polar surface area (TPSA) is 43.6 Å². The largest absolute Gasteiger partial charge is 0.216 e. The first-order valence-corrected chi connectivity index (χ1v) is 7.03. The van der Waals surface area contributed by atoms with Crippen molar-refractivity contribution in [2.24, 2.45) is 5.92 Å². The van der Waals surface area contributed by atoms with E-state index in [1.54, 1.807) is 0 Å². The van der Waals surface area contributed by atoms with E-state index in [0.29, 0.717) is 12.0 Å². The van der Waals surface area contributed by atoms with Gasteiger partial charge in [-0.25, -0.2) is 4.68 Å². The molecule has 1 aromatic heterocycles. The minimum absolute atomic E-state index is 0.364. The average Bonchev–Trinajstić information content (AvgIpc) is 2.66. The Kier molecular flexibility index (Phi) is 4.19. The standard InChI is InChI=1S/C9H10I2N4/c10-6-5-7-3-1-2-4-8(7)15-9(11)12-13-14-15/h7-8H,1-4H2. The zero-order valence-corrected chi connectivity index (χ0v) is 12.3. The lowest BCUT2D eigenvalue weighted by Gasteiger charge is -2.27. The summed E-state index contributed by atoms with van der Waals surface area (Å²) in [6, 6.07) is 0.364. The molecule has 0 radical (unpaired) electrons. The molecule has 6 heteroatoms. The number of hydrogen-bond donors (Lipinski definition) is 0. The van der Waals surface area contributed by atoms with E-state index in [2.05, 4.69) is 70.6 Å². The summed E-state index contributed by atoms with van der Waals surface area (Å²) in [5, 5.41) is 11.7. The predicted molar refractivity (Wildman–Crippen MR) is 73.3 cm³/mol. The van der Waals surface area contributed by atoms with Crippen molar-refractivity contribution in [3.05, 3.63) is 3.83 Å². The van der Waals surface area contributed by atoms with Crippen LogP contribution in [-0.2, 0) is 0 Å². The van der Waals surface area contributed by atoms with E-state index in [-0.39, 0.29) is 0 Å². The third kappa shape index (κ3) is 2.61. The third-order valence-electron chi connectivity index (χ3n) is 2.74. The third-order valence-corrected chi connectivity index (χ3v) is 3.76. The van der Waals surface area contributed by atoms with E-state index in [4.69, 9.17) is 0 Å². The van der Waals surface area contributed by atoms with Gasteiger partial charge >= 0.3 is 0 Å². The summed E-state index contributed by atoms with van der Waals surface area (Å²) >= 11 is 4.28. The maximum absolute atomic E-state index is 4.05. The van der Waals surface area contributed by atoms with E-state index in [1.165, 1.54) is 12.8 Å². The summed E-state index contributed by atoms with van der Waals surface area (Å²) in [6.45, 7) is 0. The zero-order valence-electron chi connectivity index (χ0n) is 8.03. The van der Waals surface area contributed by atoms with E-state index < -0.39 is 0 Å². The number of tetrazole rings is 1. The van der Waals surface area contributed by atoms with Crippen molar-refractivity contribution in [2.75, 3.05) is 0 Å². The number of rotatable bonds is 1. The Balaban J connectivity index is 2.24. The molecule has 1 fully saturated rings. The molecule has 0 amide bonds. The van der Waals surface area contributed by atoms with Crippen molar-refractivity contribution in [3.8, 4) is 9.85 Å². The first-order chi connectivity index (χ1) is 7.33. The number of halogens is 2. The molecule has 1 saturated carbocycles. The Hall–Kier alpha value is 0.0900. The van der Waals surface area contributed by atoms with Crippen molar-refractivity contribution in [2.45, 2.75) is 31.7 Å². The van der Waals surface area contributed by atoms with Gasteiger partial charge in [0.25, 0.3) is 0 Å². The van der Waals surface area contributed by atoms with Crippen LogP contribution in [0.4, 0.5) is 0 Å². The van der Waals surface area contributed by atoms with Crippen LogP contribution in [0.15, 0.2) is 0 Å². The first-order valence-electron chi connectivity index (χ1n) is 4.87. The quantitative estimate of drug-likeness (QED) is 0.510. The highest BCUT2D eigenvalue weighted by Gasteiger charge is 2.27. The van der Waals surface area contributed by atoms with Crippen LogP contribution in [0, 0.1) is 19.6 Å². The lowest BCUT2D eigenvalue weighted by molar-refractivity contribution is 0.264. The number of aromatic nitrogens is 4. The van der Waals surface area contributed by atoms with Crippen LogP contribution < -0.4 is 0 Å². The Morgan fingerprint density at radius 2 is 2.13 bits per heavy atom. The molecule has 2 rings (SSSR count). The predicted octanol–water partition coefficient (Wildman–Crippen LogP) is 2.40. The van der Waals surface area contributed by atoms with Crippen LogP contribution in [0.1, 0.15) is 31.7 Å². The van der Waals surface area contributed by atoms with Gasteiger partial charge in [0.1, 0.15) is 0 Å². The molecular formula is C9H10I2N4. The van der Waals surface area contributed by atoms with Gasteiger partial charge in [-0.05, 0) is 27.2 Å². The number of nitrogens with zero attached hydrogens (tertiary/aromatic N) is 4. The van der Waals surface area contributed by atoms with E-state index in [1.807, 2.05) is 4.68 Å². The monoisotopic (exact) mass is 428 g/mol. The molecule has 4 nitrogen and oxygen atoms in total. The molecule has 0 N–H and O–H groups in total. The molecule has 0 saturated heterocycles. The highest BCUT2D eigenvalue weighted by Crippen LogP contribution is 2.33. The Morgan fingerprint density at radius 1 is 1.33 bits per heavy atom. The Morgan fingerprint density at radius 3 is 2.80 bits per heavy atom. The summed E-state index contributed by atoms with van der Waals surface area (Å²) in [4.78, 5) is 0. The SMILES string of the molecule is IC#CC1CCCCC1n1nnnc1I. The fourth-order valence-corrected chi connectivity index (χ4v) is 2.98. The molecule has 0 aromatic carbocycles.